The Morgan fingerprint density at radius 1 is 0.828 bits per heavy atom. The van der Waals surface area contributed by atoms with Crippen LogP contribution in [0.25, 0.3) is 21.9 Å². The van der Waals surface area contributed by atoms with Gasteiger partial charge in [-0.25, -0.2) is 4.79 Å². The third-order valence-electron chi connectivity index (χ3n) is 5.49. The summed E-state index contributed by atoms with van der Waals surface area (Å²) in [5.74, 6) is -0.453. The number of carbonyl (C=O) groups excluding carboxylic acids is 1. The molecule has 3 heteroatoms. The second-order valence-corrected chi connectivity index (χ2v) is 7.28. The highest BCUT2D eigenvalue weighted by Crippen LogP contribution is 2.38. The van der Waals surface area contributed by atoms with E-state index in [9.17, 15) is 4.79 Å². The van der Waals surface area contributed by atoms with Crippen molar-refractivity contribution in [2.45, 2.75) is 13.3 Å². The van der Waals surface area contributed by atoms with Crippen LogP contribution >= 0.6 is 0 Å². The zero-order chi connectivity index (χ0) is 19.8. The molecule has 0 atom stereocenters. The van der Waals surface area contributed by atoms with Crippen LogP contribution in [0.5, 0.6) is 0 Å². The topological polar surface area (TPSA) is 38.7 Å². The van der Waals surface area contributed by atoms with E-state index in [1.54, 1.807) is 6.07 Å². The molecule has 0 aliphatic heterocycles. The van der Waals surface area contributed by atoms with Gasteiger partial charge < -0.3 is 4.84 Å². The van der Waals surface area contributed by atoms with Gasteiger partial charge >= 0.3 is 5.97 Å². The molecule has 0 aromatic heterocycles. The Balaban J connectivity index is 1.41. The van der Waals surface area contributed by atoms with E-state index < -0.39 is 5.97 Å². The second-order valence-electron chi connectivity index (χ2n) is 7.28. The number of benzene rings is 4. The molecule has 1 aliphatic carbocycles. The molecule has 0 amide bonds. The van der Waals surface area contributed by atoms with E-state index in [0.717, 1.165) is 22.8 Å². The van der Waals surface area contributed by atoms with Crippen molar-refractivity contribution in [3.63, 3.8) is 0 Å². The Hall–Kier alpha value is -3.72. The monoisotopic (exact) mass is 377 g/mol. The van der Waals surface area contributed by atoms with Crippen LogP contribution in [-0.2, 0) is 11.3 Å². The van der Waals surface area contributed by atoms with Gasteiger partial charge in [-0.2, -0.15) is 0 Å². The maximum absolute atomic E-state index is 12.5. The highest BCUT2D eigenvalue weighted by atomic mass is 16.7. The van der Waals surface area contributed by atoms with E-state index >= 15 is 0 Å². The third-order valence-corrected chi connectivity index (χ3v) is 5.49. The molecule has 5 rings (SSSR count). The van der Waals surface area contributed by atoms with Crippen LogP contribution in [-0.4, -0.2) is 11.7 Å². The Labute approximate surface area is 169 Å². The van der Waals surface area contributed by atoms with Crippen molar-refractivity contribution in [1.29, 1.82) is 0 Å². The summed E-state index contributed by atoms with van der Waals surface area (Å²) < 4.78 is 0. The average molecular weight is 377 g/mol. The molecule has 4 aromatic rings. The summed E-state index contributed by atoms with van der Waals surface area (Å²) >= 11 is 0. The summed E-state index contributed by atoms with van der Waals surface area (Å²) in [5.41, 5.74) is 7.26. The first kappa shape index (κ1) is 17.4. The summed E-state index contributed by atoms with van der Waals surface area (Å²) in [6.45, 7) is 1.88. The number of fused-ring (bicyclic) bond motifs is 4. The van der Waals surface area contributed by atoms with Crippen LogP contribution in [0.1, 0.15) is 34.0 Å². The van der Waals surface area contributed by atoms with Gasteiger partial charge in [0.15, 0.2) is 0 Å². The normalized spacial score (nSPS) is 12.5. The van der Waals surface area contributed by atoms with Crippen molar-refractivity contribution in [3.8, 4) is 11.1 Å². The molecule has 0 N–H and O–H groups in total. The molecule has 0 bridgehead atoms. The molecule has 0 radical (unpaired) electrons. The molecule has 3 nitrogen and oxygen atoms in total. The van der Waals surface area contributed by atoms with Gasteiger partial charge in [-0.1, -0.05) is 78.0 Å². The molecule has 140 valence electrons. The zero-order valence-corrected chi connectivity index (χ0v) is 16.1. The SMILES string of the molecule is CC(=NOC(=O)c1ccc2ccccc2c1)c1cccc2c1Cc1ccccc1-2. The van der Waals surface area contributed by atoms with Gasteiger partial charge in [-0.3, -0.25) is 0 Å². The lowest BCUT2D eigenvalue weighted by molar-refractivity contribution is 0.0516. The van der Waals surface area contributed by atoms with Gasteiger partial charge in [0, 0.05) is 5.56 Å². The fourth-order valence-corrected chi connectivity index (χ4v) is 4.02. The first-order valence-corrected chi connectivity index (χ1v) is 9.66. The first-order valence-electron chi connectivity index (χ1n) is 9.66. The van der Waals surface area contributed by atoms with Crippen LogP contribution in [0.3, 0.4) is 0 Å². The summed E-state index contributed by atoms with van der Waals surface area (Å²) in [5, 5.41) is 6.25. The molecule has 0 unspecified atom stereocenters. The smallest absolute Gasteiger partial charge is 0.313 e. The van der Waals surface area contributed by atoms with E-state index in [1.165, 1.54) is 22.3 Å². The van der Waals surface area contributed by atoms with Gasteiger partial charge in [0.1, 0.15) is 0 Å². The summed E-state index contributed by atoms with van der Waals surface area (Å²) in [4.78, 5) is 17.8. The standard InChI is InChI=1S/C26H19NO2/c1-17(22-11-6-12-24-23-10-5-4-9-20(23)16-25(22)24)27-29-26(28)21-14-13-18-7-2-3-8-19(18)15-21/h2-15H,16H2,1H3. The first-order chi connectivity index (χ1) is 14.2. The number of oxime groups is 1. The highest BCUT2D eigenvalue weighted by molar-refractivity contribution is 6.03. The van der Waals surface area contributed by atoms with Crippen LogP contribution in [0.4, 0.5) is 0 Å². The maximum Gasteiger partial charge on any atom is 0.365 e. The molecule has 0 saturated heterocycles. The van der Waals surface area contributed by atoms with Gasteiger partial charge in [-0.05, 0) is 58.5 Å². The van der Waals surface area contributed by atoms with E-state index in [4.69, 9.17) is 4.84 Å². The van der Waals surface area contributed by atoms with E-state index in [-0.39, 0.29) is 0 Å². The summed E-state index contributed by atoms with van der Waals surface area (Å²) in [6.07, 6.45) is 0.868. The van der Waals surface area contributed by atoms with Gasteiger partial charge in [0.2, 0.25) is 0 Å². The van der Waals surface area contributed by atoms with E-state index in [2.05, 4.69) is 35.5 Å². The molecule has 4 aromatic carbocycles. The fraction of sp³-hybridized carbons (Fsp3) is 0.0769. The quantitative estimate of drug-likeness (QED) is 0.220. The molecule has 29 heavy (non-hydrogen) atoms. The number of hydrogen-bond donors (Lipinski definition) is 0. The number of nitrogens with zero attached hydrogens (tertiary/aromatic N) is 1. The van der Waals surface area contributed by atoms with Gasteiger partial charge in [-0.15, -0.1) is 0 Å². The molecule has 1 aliphatic rings. The highest BCUT2D eigenvalue weighted by Gasteiger charge is 2.21. The van der Waals surface area contributed by atoms with Gasteiger partial charge in [0.25, 0.3) is 0 Å². The van der Waals surface area contributed by atoms with E-state index in [1.807, 2.05) is 55.5 Å². The lowest BCUT2D eigenvalue weighted by atomic mass is 9.99. The van der Waals surface area contributed by atoms with E-state index in [0.29, 0.717) is 11.3 Å². The fourth-order valence-electron chi connectivity index (χ4n) is 4.02. The van der Waals surface area contributed by atoms with Gasteiger partial charge in [0.05, 0.1) is 11.3 Å². The Bertz CT molecular complexity index is 1290. The lowest BCUT2D eigenvalue weighted by Crippen LogP contribution is -2.05. The Morgan fingerprint density at radius 2 is 1.59 bits per heavy atom. The molecule has 0 saturated carbocycles. The molecular formula is C26H19NO2. The molecule has 0 spiro atoms. The summed E-state index contributed by atoms with van der Waals surface area (Å²) in [7, 11) is 0. The van der Waals surface area contributed by atoms with Crippen LogP contribution in [0.2, 0.25) is 0 Å². The Kier molecular flexibility index (Phi) is 4.21. The predicted octanol–water partition coefficient (Wildman–Crippen LogP) is 5.99. The number of carbonyl (C=O) groups is 1. The van der Waals surface area contributed by atoms with Crippen LogP contribution in [0, 0.1) is 0 Å². The van der Waals surface area contributed by atoms with Crippen molar-refractivity contribution in [1.82, 2.24) is 0 Å². The molecular weight excluding hydrogens is 358 g/mol. The maximum atomic E-state index is 12.5. The van der Waals surface area contributed by atoms with Crippen molar-refractivity contribution in [3.05, 3.63) is 107 Å². The van der Waals surface area contributed by atoms with Crippen molar-refractivity contribution >= 4 is 22.5 Å². The third kappa shape index (κ3) is 3.11. The summed E-state index contributed by atoms with van der Waals surface area (Å²) in [6, 6.07) is 28.1. The Morgan fingerprint density at radius 3 is 2.48 bits per heavy atom. The number of hydrogen-bond acceptors (Lipinski definition) is 3. The average Bonchev–Trinajstić information content (AvgIpc) is 3.15. The molecule has 0 heterocycles. The minimum Gasteiger partial charge on any atom is -0.313 e. The van der Waals surface area contributed by atoms with Crippen molar-refractivity contribution < 1.29 is 9.63 Å². The minimum absolute atomic E-state index is 0.453. The van der Waals surface area contributed by atoms with Crippen molar-refractivity contribution in [2.24, 2.45) is 5.16 Å². The lowest BCUT2D eigenvalue weighted by Gasteiger charge is -2.08. The second kappa shape index (κ2) is 7.02. The zero-order valence-electron chi connectivity index (χ0n) is 16.1. The molecule has 0 fully saturated rings. The van der Waals surface area contributed by atoms with Crippen LogP contribution in [0.15, 0.2) is 90.1 Å². The van der Waals surface area contributed by atoms with Crippen LogP contribution < -0.4 is 0 Å². The predicted molar refractivity (Wildman–Crippen MR) is 116 cm³/mol. The largest absolute Gasteiger partial charge is 0.365 e. The number of rotatable bonds is 3. The van der Waals surface area contributed by atoms with Crippen molar-refractivity contribution in [2.75, 3.05) is 0 Å². The minimum atomic E-state index is -0.453.